The number of hydrogen-bond donors (Lipinski definition) is 1. The van der Waals surface area contributed by atoms with Gasteiger partial charge >= 0.3 is 0 Å². The van der Waals surface area contributed by atoms with Crippen LogP contribution in [-0.4, -0.2) is 83.9 Å². The van der Waals surface area contributed by atoms with Crippen LogP contribution in [0.4, 0.5) is 0 Å². The van der Waals surface area contributed by atoms with Crippen molar-refractivity contribution in [2.24, 2.45) is 0 Å². The number of rotatable bonds is 7. The Morgan fingerprint density at radius 1 is 1.45 bits per heavy atom. The number of β-amino-alcohol motifs (C(OH)–C–C–N with tert-alkyl or cyclic N) is 1. The van der Waals surface area contributed by atoms with Crippen molar-refractivity contribution < 1.29 is 9.84 Å². The lowest BCUT2D eigenvalue weighted by Crippen LogP contribution is -2.43. The van der Waals surface area contributed by atoms with Gasteiger partial charge in [0, 0.05) is 26.2 Å². The monoisotopic (exact) mass is 318 g/mol. The van der Waals surface area contributed by atoms with Crippen molar-refractivity contribution in [3.8, 4) is 0 Å². The summed E-state index contributed by atoms with van der Waals surface area (Å²) in [5.41, 5.74) is 0. The first-order chi connectivity index (χ1) is 9.67. The minimum atomic E-state index is -0.342. The van der Waals surface area contributed by atoms with Gasteiger partial charge in [0.25, 0.3) is 0 Å². The van der Waals surface area contributed by atoms with Crippen LogP contribution in [0.1, 0.15) is 5.01 Å². The summed E-state index contributed by atoms with van der Waals surface area (Å²) in [6, 6.07) is 0. The number of aromatic nitrogens is 2. The third-order valence-corrected chi connectivity index (χ3v) is 5.01. The Balaban J connectivity index is 1.71. The van der Waals surface area contributed by atoms with E-state index in [2.05, 4.69) is 20.0 Å². The van der Waals surface area contributed by atoms with E-state index < -0.39 is 0 Å². The smallest absolute Gasteiger partial charge is 0.174 e. The lowest BCUT2D eigenvalue weighted by Gasteiger charge is -2.29. The standard InChI is InChI=1S/C12H22N4O2S2/c1-15(9-11-13-14-12(19-2)20-11)7-10(17)8-16-3-5-18-6-4-16/h10,17H,3-9H2,1-2H3/t10-/m1/s1. The lowest BCUT2D eigenvalue weighted by molar-refractivity contribution is 0.00824. The summed E-state index contributed by atoms with van der Waals surface area (Å²) in [4.78, 5) is 4.34. The minimum absolute atomic E-state index is 0.342. The quantitative estimate of drug-likeness (QED) is 0.730. The predicted molar refractivity (Wildman–Crippen MR) is 81.3 cm³/mol. The maximum Gasteiger partial charge on any atom is 0.174 e. The highest BCUT2D eigenvalue weighted by Gasteiger charge is 2.17. The Morgan fingerprint density at radius 2 is 2.20 bits per heavy atom. The van der Waals surface area contributed by atoms with Gasteiger partial charge in [0.1, 0.15) is 5.01 Å². The van der Waals surface area contributed by atoms with Gasteiger partial charge < -0.3 is 9.84 Å². The molecule has 0 saturated carbocycles. The predicted octanol–water partition coefficient (Wildman–Crippen LogP) is 0.385. The number of likely N-dealkylation sites (N-methyl/N-ethyl adjacent to an activating group) is 1. The van der Waals surface area contributed by atoms with Crippen molar-refractivity contribution in [1.82, 2.24) is 20.0 Å². The molecule has 1 saturated heterocycles. The fourth-order valence-corrected chi connectivity index (χ4v) is 3.57. The third-order valence-electron chi connectivity index (χ3n) is 3.12. The summed E-state index contributed by atoms with van der Waals surface area (Å²) in [7, 11) is 2.00. The fraction of sp³-hybridized carbons (Fsp3) is 0.833. The zero-order valence-corrected chi connectivity index (χ0v) is 13.6. The molecule has 0 spiro atoms. The number of morpholine rings is 1. The molecule has 2 rings (SSSR count). The second-order valence-corrected chi connectivity index (χ2v) is 7.04. The molecule has 0 aliphatic carbocycles. The Labute approximate surface area is 128 Å². The van der Waals surface area contributed by atoms with Gasteiger partial charge in [-0.05, 0) is 13.3 Å². The van der Waals surface area contributed by atoms with Crippen LogP contribution >= 0.6 is 23.1 Å². The highest BCUT2D eigenvalue weighted by atomic mass is 32.2. The molecule has 20 heavy (non-hydrogen) atoms. The Morgan fingerprint density at radius 3 is 2.85 bits per heavy atom. The summed E-state index contributed by atoms with van der Waals surface area (Å²) in [6.07, 6.45) is 1.66. The van der Waals surface area contributed by atoms with Crippen LogP contribution in [0, 0.1) is 0 Å². The topological polar surface area (TPSA) is 61.7 Å². The van der Waals surface area contributed by atoms with Crippen molar-refractivity contribution in [2.45, 2.75) is 17.0 Å². The molecule has 1 aromatic heterocycles. The van der Waals surface area contributed by atoms with Crippen LogP contribution in [0.5, 0.6) is 0 Å². The van der Waals surface area contributed by atoms with Crippen LogP contribution in [0.25, 0.3) is 0 Å². The molecule has 0 amide bonds. The summed E-state index contributed by atoms with van der Waals surface area (Å²) >= 11 is 3.23. The first-order valence-corrected chi connectivity index (χ1v) is 8.74. The molecule has 1 fully saturated rings. The molecule has 0 radical (unpaired) electrons. The van der Waals surface area contributed by atoms with E-state index in [1.165, 1.54) is 0 Å². The van der Waals surface area contributed by atoms with Gasteiger partial charge in [0.2, 0.25) is 0 Å². The molecule has 1 aliphatic heterocycles. The van der Waals surface area contributed by atoms with Crippen molar-refractivity contribution >= 4 is 23.1 Å². The molecule has 6 nitrogen and oxygen atoms in total. The largest absolute Gasteiger partial charge is 0.390 e. The third kappa shape index (κ3) is 5.27. The molecule has 1 atom stereocenters. The zero-order valence-electron chi connectivity index (χ0n) is 12.0. The summed E-state index contributed by atoms with van der Waals surface area (Å²) in [6.45, 7) is 5.45. The molecule has 8 heteroatoms. The molecule has 0 bridgehead atoms. The molecule has 0 aromatic carbocycles. The average molecular weight is 318 g/mol. The van der Waals surface area contributed by atoms with Crippen LogP contribution < -0.4 is 0 Å². The van der Waals surface area contributed by atoms with Gasteiger partial charge in [-0.3, -0.25) is 9.80 Å². The second-order valence-electron chi connectivity index (χ2n) is 4.93. The molecule has 1 aromatic rings. The molecule has 1 aliphatic rings. The van der Waals surface area contributed by atoms with E-state index >= 15 is 0 Å². The first kappa shape index (κ1) is 16.1. The Kier molecular flexibility index (Phi) is 6.66. The van der Waals surface area contributed by atoms with Crippen molar-refractivity contribution in [3.63, 3.8) is 0 Å². The highest BCUT2D eigenvalue weighted by molar-refractivity contribution is 8.00. The van der Waals surface area contributed by atoms with Gasteiger partial charge in [-0.2, -0.15) is 0 Å². The molecular weight excluding hydrogens is 296 g/mol. The average Bonchev–Trinajstić information content (AvgIpc) is 2.87. The maximum absolute atomic E-state index is 10.1. The number of hydrogen-bond acceptors (Lipinski definition) is 8. The van der Waals surface area contributed by atoms with Gasteiger partial charge in [-0.15, -0.1) is 10.2 Å². The van der Waals surface area contributed by atoms with E-state index in [0.717, 1.165) is 42.2 Å². The van der Waals surface area contributed by atoms with E-state index in [1.807, 2.05) is 13.3 Å². The van der Waals surface area contributed by atoms with Gasteiger partial charge in [0.15, 0.2) is 4.34 Å². The van der Waals surface area contributed by atoms with Crippen LogP contribution in [0.3, 0.4) is 0 Å². The van der Waals surface area contributed by atoms with Crippen LogP contribution in [0.15, 0.2) is 4.34 Å². The van der Waals surface area contributed by atoms with E-state index in [0.29, 0.717) is 13.1 Å². The lowest BCUT2D eigenvalue weighted by atomic mass is 10.3. The molecule has 1 N–H and O–H groups in total. The number of aliphatic hydroxyl groups excluding tert-OH is 1. The summed E-state index contributed by atoms with van der Waals surface area (Å²) in [5.74, 6) is 0. The van der Waals surface area contributed by atoms with Crippen molar-refractivity contribution in [1.29, 1.82) is 0 Å². The van der Waals surface area contributed by atoms with E-state index in [1.54, 1.807) is 23.1 Å². The maximum atomic E-state index is 10.1. The van der Waals surface area contributed by atoms with E-state index in [9.17, 15) is 5.11 Å². The van der Waals surface area contributed by atoms with Gasteiger partial charge in [0.05, 0.1) is 25.9 Å². The highest BCUT2D eigenvalue weighted by Crippen LogP contribution is 2.20. The number of aliphatic hydroxyl groups is 1. The van der Waals surface area contributed by atoms with Crippen molar-refractivity contribution in [2.75, 3.05) is 52.7 Å². The summed E-state index contributed by atoms with van der Waals surface area (Å²) < 4.78 is 6.29. The normalized spacial score (nSPS) is 18.6. The molecule has 2 heterocycles. The van der Waals surface area contributed by atoms with Crippen LogP contribution in [-0.2, 0) is 11.3 Å². The van der Waals surface area contributed by atoms with E-state index in [-0.39, 0.29) is 6.10 Å². The number of thioether (sulfide) groups is 1. The molecular formula is C12H22N4O2S2. The van der Waals surface area contributed by atoms with Gasteiger partial charge in [-0.25, -0.2) is 0 Å². The van der Waals surface area contributed by atoms with Crippen molar-refractivity contribution in [3.05, 3.63) is 5.01 Å². The number of nitrogens with zero attached hydrogens (tertiary/aromatic N) is 4. The first-order valence-electron chi connectivity index (χ1n) is 6.70. The SMILES string of the molecule is CSc1nnc(CN(C)C[C@@H](O)CN2CCOCC2)s1. The van der Waals surface area contributed by atoms with E-state index in [4.69, 9.17) is 4.74 Å². The Bertz CT molecular complexity index is 399. The second kappa shape index (κ2) is 8.26. The molecule has 114 valence electrons. The van der Waals surface area contributed by atoms with Gasteiger partial charge in [-0.1, -0.05) is 23.1 Å². The van der Waals surface area contributed by atoms with Crippen LogP contribution in [0.2, 0.25) is 0 Å². The minimum Gasteiger partial charge on any atom is -0.390 e. The zero-order chi connectivity index (χ0) is 14.4. The number of ether oxygens (including phenoxy) is 1. The molecule has 0 unspecified atom stereocenters. The summed E-state index contributed by atoms with van der Waals surface area (Å²) in [5, 5.41) is 19.4. The fourth-order valence-electron chi connectivity index (χ4n) is 2.18. The Hall–Kier alpha value is -0.250.